The van der Waals surface area contributed by atoms with E-state index in [9.17, 15) is 19.2 Å². The molecule has 3 atom stereocenters. The molecule has 2 aromatic rings. The lowest BCUT2D eigenvalue weighted by atomic mass is 10.1. The van der Waals surface area contributed by atoms with E-state index in [2.05, 4.69) is 0 Å². The molecular weight excluding hydrogens is 478 g/mol. The van der Waals surface area contributed by atoms with Gasteiger partial charge >= 0.3 is 23.9 Å². The van der Waals surface area contributed by atoms with Crippen LogP contribution in [0.1, 0.15) is 24.0 Å². The molecule has 198 valence electrons. The van der Waals surface area contributed by atoms with Gasteiger partial charge in [-0.3, -0.25) is 19.2 Å². The molecule has 0 heterocycles. The van der Waals surface area contributed by atoms with Crippen LogP contribution in [0.4, 0.5) is 0 Å². The number of carboxylic acid groups (broad SMARTS) is 4. The Kier molecular flexibility index (Phi) is 14.5. The Balaban J connectivity index is 0.000000517. The maximum Gasteiger partial charge on any atom is 0.320 e. The maximum atomic E-state index is 10.4. The van der Waals surface area contributed by atoms with Crippen LogP contribution >= 0.6 is 0 Å². The molecule has 0 saturated carbocycles. The van der Waals surface area contributed by atoms with Crippen molar-refractivity contribution in [3.63, 3.8) is 0 Å². The Morgan fingerprint density at radius 1 is 0.583 bits per heavy atom. The second-order valence-corrected chi connectivity index (χ2v) is 7.51. The quantitative estimate of drug-likeness (QED) is 0.203. The Morgan fingerprint density at radius 3 is 1.14 bits per heavy atom. The van der Waals surface area contributed by atoms with Crippen LogP contribution in [0.5, 0.6) is 11.5 Å². The van der Waals surface area contributed by atoms with Crippen LogP contribution < -0.4 is 17.2 Å². The first-order chi connectivity index (χ1) is 16.7. The highest BCUT2D eigenvalue weighted by Gasteiger charge is 2.13. The van der Waals surface area contributed by atoms with Gasteiger partial charge in [0, 0.05) is 6.42 Å². The highest BCUT2D eigenvalue weighted by Crippen LogP contribution is 2.11. The lowest BCUT2D eigenvalue weighted by Crippen LogP contribution is -2.32. The molecule has 12 N–H and O–H groups in total. The largest absolute Gasteiger partial charge is 0.508 e. The number of hydrogen-bond donors (Lipinski definition) is 9. The number of phenols is 2. The molecule has 0 saturated heterocycles. The number of aromatic hydroxyl groups is 2. The first-order valence-electron chi connectivity index (χ1n) is 10.5. The minimum absolute atomic E-state index is 0.0231. The van der Waals surface area contributed by atoms with Crippen LogP contribution in [0.2, 0.25) is 0 Å². The third kappa shape index (κ3) is 14.8. The summed E-state index contributed by atoms with van der Waals surface area (Å²) in [4.78, 5) is 40.7. The van der Waals surface area contributed by atoms with E-state index in [-0.39, 0.29) is 37.2 Å². The van der Waals surface area contributed by atoms with Gasteiger partial charge in [0.05, 0.1) is 0 Å². The van der Waals surface area contributed by atoms with Crippen molar-refractivity contribution in [1.82, 2.24) is 0 Å². The molecule has 0 aliphatic rings. The Morgan fingerprint density at radius 2 is 0.889 bits per heavy atom. The summed E-state index contributed by atoms with van der Waals surface area (Å²) >= 11 is 0. The highest BCUT2D eigenvalue weighted by molar-refractivity contribution is 5.75. The number of hydrogen-bond acceptors (Lipinski definition) is 9. The normalized spacial score (nSPS) is 12.4. The molecule has 36 heavy (non-hydrogen) atoms. The smallest absolute Gasteiger partial charge is 0.320 e. The summed E-state index contributed by atoms with van der Waals surface area (Å²) in [6.07, 6.45) is 0.323. The lowest BCUT2D eigenvalue weighted by Gasteiger charge is -2.05. The SMILES string of the molecule is NC(CCC(=O)O)C(=O)O.NC(Cc1ccc(O)cc1)C(=O)O.NC(Cc1ccc(O)cc1)C(=O)O. The van der Waals surface area contributed by atoms with Gasteiger partial charge in [-0.15, -0.1) is 0 Å². The lowest BCUT2D eigenvalue weighted by molar-refractivity contribution is -0.140. The summed E-state index contributed by atoms with van der Waals surface area (Å²) in [5.41, 5.74) is 17.2. The predicted octanol–water partition coefficient (Wildman–Crippen LogP) is -0.0437. The van der Waals surface area contributed by atoms with Crippen molar-refractivity contribution in [3.05, 3.63) is 59.7 Å². The zero-order valence-corrected chi connectivity index (χ0v) is 19.2. The molecule has 3 unspecified atom stereocenters. The summed E-state index contributed by atoms with van der Waals surface area (Å²) in [7, 11) is 0. The molecule has 2 rings (SSSR count). The third-order valence-electron chi connectivity index (χ3n) is 4.40. The monoisotopic (exact) mass is 509 g/mol. The molecule has 0 amide bonds. The van der Waals surface area contributed by atoms with E-state index in [4.69, 9.17) is 47.8 Å². The highest BCUT2D eigenvalue weighted by atomic mass is 16.4. The number of nitrogens with two attached hydrogens (primary N) is 3. The van der Waals surface area contributed by atoms with Gasteiger partial charge in [-0.2, -0.15) is 0 Å². The predicted molar refractivity (Wildman–Crippen MR) is 127 cm³/mol. The van der Waals surface area contributed by atoms with Crippen molar-refractivity contribution in [1.29, 1.82) is 0 Å². The number of carboxylic acids is 4. The minimum Gasteiger partial charge on any atom is -0.508 e. The zero-order chi connectivity index (χ0) is 27.8. The van der Waals surface area contributed by atoms with Gasteiger partial charge in [-0.1, -0.05) is 24.3 Å². The summed E-state index contributed by atoms with van der Waals surface area (Å²) in [6.45, 7) is 0. The number of carbonyl (C=O) groups is 4. The molecule has 13 nitrogen and oxygen atoms in total. The molecule has 0 aliphatic carbocycles. The fourth-order valence-electron chi connectivity index (χ4n) is 2.35. The van der Waals surface area contributed by atoms with E-state index in [0.29, 0.717) is 0 Å². The fourth-order valence-corrected chi connectivity index (χ4v) is 2.35. The van der Waals surface area contributed by atoms with Crippen molar-refractivity contribution >= 4 is 23.9 Å². The van der Waals surface area contributed by atoms with Crippen LogP contribution in [0.15, 0.2) is 48.5 Å². The van der Waals surface area contributed by atoms with Gasteiger partial charge in [-0.25, -0.2) is 0 Å². The Labute approximate surface area is 206 Å². The summed E-state index contributed by atoms with van der Waals surface area (Å²) in [5, 5.41) is 51.2. The molecule has 0 fully saturated rings. The molecule has 0 radical (unpaired) electrons. The second-order valence-electron chi connectivity index (χ2n) is 7.51. The first-order valence-corrected chi connectivity index (χ1v) is 10.5. The zero-order valence-electron chi connectivity index (χ0n) is 19.2. The fraction of sp³-hybridized carbons (Fsp3) is 0.304. The summed E-state index contributed by atoms with van der Waals surface area (Å²) in [5.74, 6) is -3.92. The standard InChI is InChI=1S/2C9H11NO3.C5H9NO4/c2*10-8(9(12)13)5-6-1-3-7(11)4-2-6;6-3(5(9)10)1-2-4(7)8/h2*1-4,8,11H,5,10H2,(H,12,13);3H,1-2,6H2,(H,7,8)(H,9,10). The molecule has 0 bridgehead atoms. The average molecular weight is 510 g/mol. The van der Waals surface area contributed by atoms with E-state index >= 15 is 0 Å². The Hall–Kier alpha value is -4.20. The van der Waals surface area contributed by atoms with Crippen LogP contribution in [0.25, 0.3) is 0 Å². The van der Waals surface area contributed by atoms with Gasteiger partial charge in [0.1, 0.15) is 29.6 Å². The number of aliphatic carboxylic acids is 4. The molecule has 2 aromatic carbocycles. The van der Waals surface area contributed by atoms with Gasteiger partial charge < -0.3 is 47.8 Å². The van der Waals surface area contributed by atoms with Crippen molar-refractivity contribution in [2.75, 3.05) is 0 Å². The number of phenolic OH excluding ortho intramolecular Hbond substituents is 2. The number of benzene rings is 2. The van der Waals surface area contributed by atoms with E-state index in [0.717, 1.165) is 11.1 Å². The van der Waals surface area contributed by atoms with Crippen molar-refractivity contribution in [2.45, 2.75) is 43.8 Å². The maximum absolute atomic E-state index is 10.4. The van der Waals surface area contributed by atoms with Crippen LogP contribution in [0, 0.1) is 0 Å². The molecule has 0 aromatic heterocycles. The second kappa shape index (κ2) is 16.4. The van der Waals surface area contributed by atoms with Crippen LogP contribution in [0.3, 0.4) is 0 Å². The van der Waals surface area contributed by atoms with Crippen LogP contribution in [-0.2, 0) is 32.0 Å². The van der Waals surface area contributed by atoms with Crippen molar-refractivity contribution in [3.8, 4) is 11.5 Å². The third-order valence-corrected chi connectivity index (χ3v) is 4.40. The summed E-state index contributed by atoms with van der Waals surface area (Å²) in [6, 6.07) is 9.79. The molecular formula is C23H31N3O10. The first kappa shape index (κ1) is 31.8. The topological polar surface area (TPSA) is 268 Å². The molecule has 0 spiro atoms. The van der Waals surface area contributed by atoms with E-state index in [1.807, 2.05) is 0 Å². The van der Waals surface area contributed by atoms with E-state index in [1.54, 1.807) is 24.3 Å². The van der Waals surface area contributed by atoms with Gasteiger partial charge in [0.15, 0.2) is 0 Å². The summed E-state index contributed by atoms with van der Waals surface area (Å²) < 4.78 is 0. The number of rotatable bonds is 10. The van der Waals surface area contributed by atoms with Crippen LogP contribution in [-0.4, -0.2) is 72.6 Å². The van der Waals surface area contributed by atoms with Crippen molar-refractivity contribution in [2.24, 2.45) is 17.2 Å². The van der Waals surface area contributed by atoms with Gasteiger partial charge in [0.2, 0.25) is 0 Å². The minimum atomic E-state index is -1.17. The van der Waals surface area contributed by atoms with E-state index < -0.39 is 42.0 Å². The average Bonchev–Trinajstić information content (AvgIpc) is 2.81. The van der Waals surface area contributed by atoms with E-state index in [1.165, 1.54) is 24.3 Å². The Bertz CT molecular complexity index is 917. The van der Waals surface area contributed by atoms with Gasteiger partial charge in [0.25, 0.3) is 0 Å². The molecule has 0 aliphatic heterocycles. The van der Waals surface area contributed by atoms with Gasteiger partial charge in [-0.05, 0) is 54.7 Å². The van der Waals surface area contributed by atoms with Crippen molar-refractivity contribution < 1.29 is 49.8 Å². The molecule has 13 heteroatoms.